The number of sulfonamides is 1. The fourth-order valence-electron chi connectivity index (χ4n) is 3.25. The van der Waals surface area contributed by atoms with Gasteiger partial charge in [-0.2, -0.15) is 4.31 Å². The molecule has 6 nitrogen and oxygen atoms in total. The summed E-state index contributed by atoms with van der Waals surface area (Å²) in [5, 5.41) is 10.7. The van der Waals surface area contributed by atoms with E-state index in [0.29, 0.717) is 23.5 Å². The highest BCUT2D eigenvalue weighted by molar-refractivity contribution is 7.89. The molecule has 2 aliphatic heterocycles. The Kier molecular flexibility index (Phi) is 3.52. The summed E-state index contributed by atoms with van der Waals surface area (Å²) in [6.45, 7) is 0.187. The van der Waals surface area contributed by atoms with Crippen LogP contribution in [0.3, 0.4) is 0 Å². The third kappa shape index (κ3) is 2.28. The number of rotatable bonds is 2. The molecule has 2 aromatic rings. The predicted molar refractivity (Wildman–Crippen MR) is 86.4 cm³/mol. The molecule has 2 aromatic carbocycles. The minimum atomic E-state index is -3.62. The second-order valence-electron chi connectivity index (χ2n) is 5.96. The van der Waals surface area contributed by atoms with E-state index in [0.717, 1.165) is 5.56 Å². The van der Waals surface area contributed by atoms with Gasteiger partial charge in [-0.1, -0.05) is 24.3 Å². The molecule has 2 atom stereocenters. The van der Waals surface area contributed by atoms with Crippen molar-refractivity contribution in [3.8, 4) is 11.5 Å². The number of aliphatic hydroxyl groups is 1. The molecule has 0 radical (unpaired) electrons. The van der Waals surface area contributed by atoms with E-state index in [1.807, 2.05) is 12.1 Å². The Hall–Kier alpha value is -2.09. The van der Waals surface area contributed by atoms with Crippen molar-refractivity contribution in [1.82, 2.24) is 4.31 Å². The minimum absolute atomic E-state index is 0.168. The summed E-state index contributed by atoms with van der Waals surface area (Å²) in [5.74, 6) is 1.32. The molecule has 0 fully saturated rings. The lowest BCUT2D eigenvalue weighted by Gasteiger charge is -2.37. The fraction of sp³-hybridized carbons (Fsp3) is 0.294. The molecule has 0 aromatic heterocycles. The van der Waals surface area contributed by atoms with Crippen molar-refractivity contribution in [1.29, 1.82) is 0 Å². The molecule has 126 valence electrons. The van der Waals surface area contributed by atoms with Gasteiger partial charge in [0.15, 0.2) is 11.5 Å². The van der Waals surface area contributed by atoms with Gasteiger partial charge in [0, 0.05) is 12.6 Å². The van der Waals surface area contributed by atoms with Gasteiger partial charge in [0.1, 0.15) is 0 Å². The van der Waals surface area contributed by atoms with Gasteiger partial charge >= 0.3 is 0 Å². The molecule has 2 aliphatic rings. The second kappa shape index (κ2) is 5.47. The number of ether oxygens (including phenoxy) is 2. The summed E-state index contributed by atoms with van der Waals surface area (Å²) in [6.07, 6.45) is -0.512. The zero-order chi connectivity index (χ0) is 16.9. The van der Waals surface area contributed by atoms with E-state index < -0.39 is 22.2 Å². The smallest absolute Gasteiger partial charge is 0.243 e. The van der Waals surface area contributed by atoms with Crippen LogP contribution in [0.1, 0.15) is 17.2 Å². The van der Waals surface area contributed by atoms with Crippen LogP contribution in [0.15, 0.2) is 47.4 Å². The first-order valence-corrected chi connectivity index (χ1v) is 9.06. The molecule has 0 saturated carbocycles. The number of hydrogen-bond donors (Lipinski definition) is 1. The van der Waals surface area contributed by atoms with Gasteiger partial charge in [0.2, 0.25) is 16.8 Å². The summed E-state index contributed by atoms with van der Waals surface area (Å²) in [7, 11) is -2.11. The van der Waals surface area contributed by atoms with Gasteiger partial charge in [0.05, 0.1) is 17.0 Å². The van der Waals surface area contributed by atoms with Crippen molar-refractivity contribution >= 4 is 10.0 Å². The summed E-state index contributed by atoms with van der Waals surface area (Å²) < 4.78 is 37.3. The number of aliphatic hydroxyl groups excluding tert-OH is 1. The SMILES string of the molecule is CN1[C@H](Cc2ccc3c(c2)OCO3)[C@@H](O)c2ccccc2S1(=O)=O. The van der Waals surface area contributed by atoms with E-state index in [-0.39, 0.29) is 11.7 Å². The maximum absolute atomic E-state index is 12.7. The lowest BCUT2D eigenvalue weighted by atomic mass is 9.95. The van der Waals surface area contributed by atoms with Gasteiger partial charge in [-0.25, -0.2) is 8.42 Å². The van der Waals surface area contributed by atoms with Crippen molar-refractivity contribution in [3.05, 3.63) is 53.6 Å². The maximum Gasteiger partial charge on any atom is 0.243 e. The number of fused-ring (bicyclic) bond motifs is 2. The standard InChI is InChI=1S/C17H17NO5S/c1-18-13(8-11-6-7-14-15(9-11)23-10-22-14)17(19)12-4-2-3-5-16(12)24(18,20)21/h2-7,9,13,17,19H,8,10H2,1H3/t13-,17+/m1/s1. The monoisotopic (exact) mass is 347 g/mol. The first-order valence-electron chi connectivity index (χ1n) is 7.62. The lowest BCUT2D eigenvalue weighted by Crippen LogP contribution is -2.46. The van der Waals surface area contributed by atoms with Crippen LogP contribution in [0.2, 0.25) is 0 Å². The Morgan fingerprint density at radius 2 is 1.92 bits per heavy atom. The van der Waals surface area contributed by atoms with Gasteiger partial charge in [0.25, 0.3) is 0 Å². The van der Waals surface area contributed by atoms with E-state index >= 15 is 0 Å². The van der Waals surface area contributed by atoms with E-state index in [1.54, 1.807) is 24.3 Å². The highest BCUT2D eigenvalue weighted by Gasteiger charge is 2.41. The Bertz CT molecular complexity index is 896. The van der Waals surface area contributed by atoms with Crippen LogP contribution < -0.4 is 9.47 Å². The van der Waals surface area contributed by atoms with Crippen molar-refractivity contribution in [3.63, 3.8) is 0 Å². The van der Waals surface area contributed by atoms with Crippen LogP contribution >= 0.6 is 0 Å². The molecule has 7 heteroatoms. The normalized spacial score (nSPS) is 24.6. The molecule has 24 heavy (non-hydrogen) atoms. The summed E-state index contributed by atoms with van der Waals surface area (Å²) >= 11 is 0. The summed E-state index contributed by atoms with van der Waals surface area (Å²) in [6, 6.07) is 11.5. The third-order valence-electron chi connectivity index (χ3n) is 4.61. The topological polar surface area (TPSA) is 76.1 Å². The van der Waals surface area contributed by atoms with Crippen molar-refractivity contribution in [2.45, 2.75) is 23.5 Å². The van der Waals surface area contributed by atoms with Gasteiger partial charge in [-0.3, -0.25) is 0 Å². The zero-order valence-corrected chi connectivity index (χ0v) is 13.9. The quantitative estimate of drug-likeness (QED) is 0.895. The highest BCUT2D eigenvalue weighted by Crippen LogP contribution is 2.38. The van der Waals surface area contributed by atoms with Crippen molar-refractivity contribution in [2.75, 3.05) is 13.8 Å². The Morgan fingerprint density at radius 3 is 2.75 bits per heavy atom. The molecule has 0 spiro atoms. The van der Waals surface area contributed by atoms with Crippen LogP contribution in [-0.2, 0) is 16.4 Å². The molecular weight excluding hydrogens is 330 g/mol. The van der Waals surface area contributed by atoms with E-state index in [9.17, 15) is 13.5 Å². The zero-order valence-electron chi connectivity index (χ0n) is 13.0. The third-order valence-corrected chi connectivity index (χ3v) is 6.56. The minimum Gasteiger partial charge on any atom is -0.454 e. The molecule has 1 N–H and O–H groups in total. The second-order valence-corrected chi connectivity index (χ2v) is 7.93. The largest absolute Gasteiger partial charge is 0.454 e. The van der Waals surface area contributed by atoms with Crippen LogP contribution in [0.5, 0.6) is 11.5 Å². The van der Waals surface area contributed by atoms with Crippen molar-refractivity contribution in [2.24, 2.45) is 0 Å². The average Bonchev–Trinajstić information content (AvgIpc) is 3.05. The Labute approximate surface area is 140 Å². The van der Waals surface area contributed by atoms with E-state index in [2.05, 4.69) is 0 Å². The summed E-state index contributed by atoms with van der Waals surface area (Å²) in [4.78, 5) is 0.168. The molecule has 0 bridgehead atoms. The van der Waals surface area contributed by atoms with Crippen LogP contribution in [0.4, 0.5) is 0 Å². The molecule has 0 amide bonds. The van der Waals surface area contributed by atoms with E-state index in [1.165, 1.54) is 17.4 Å². The van der Waals surface area contributed by atoms with E-state index in [4.69, 9.17) is 9.47 Å². The van der Waals surface area contributed by atoms with Gasteiger partial charge < -0.3 is 14.6 Å². The number of likely N-dealkylation sites (N-methyl/N-ethyl adjacent to an activating group) is 1. The predicted octanol–water partition coefficient (Wildman–Crippen LogP) is 1.69. The Morgan fingerprint density at radius 1 is 1.17 bits per heavy atom. The summed E-state index contributed by atoms with van der Waals surface area (Å²) in [5.41, 5.74) is 1.33. The molecule has 0 saturated heterocycles. The van der Waals surface area contributed by atoms with Crippen molar-refractivity contribution < 1.29 is 23.0 Å². The van der Waals surface area contributed by atoms with Crippen LogP contribution in [-0.4, -0.2) is 37.7 Å². The molecule has 0 unspecified atom stereocenters. The van der Waals surface area contributed by atoms with Crippen LogP contribution in [0, 0.1) is 0 Å². The molecule has 4 rings (SSSR count). The number of hydrogen-bond acceptors (Lipinski definition) is 5. The van der Waals surface area contributed by atoms with Gasteiger partial charge in [-0.05, 0) is 30.2 Å². The molecule has 2 heterocycles. The average molecular weight is 347 g/mol. The number of nitrogens with zero attached hydrogens (tertiary/aromatic N) is 1. The highest BCUT2D eigenvalue weighted by atomic mass is 32.2. The van der Waals surface area contributed by atoms with Gasteiger partial charge in [-0.15, -0.1) is 0 Å². The lowest BCUT2D eigenvalue weighted by molar-refractivity contribution is 0.0891. The van der Waals surface area contributed by atoms with Crippen LogP contribution in [0.25, 0.3) is 0 Å². The first-order chi connectivity index (χ1) is 11.5. The molecular formula is C17H17NO5S. The fourth-order valence-corrected chi connectivity index (χ4v) is 4.84. The maximum atomic E-state index is 12.7. The first kappa shape index (κ1) is 15.4. The molecule has 0 aliphatic carbocycles. The number of benzene rings is 2. The Balaban J connectivity index is 1.71.